The fourth-order valence-corrected chi connectivity index (χ4v) is 4.57. The molecule has 144 valence electrons. The summed E-state index contributed by atoms with van der Waals surface area (Å²) in [7, 11) is 0. The molecule has 2 atom stereocenters. The van der Waals surface area contributed by atoms with E-state index in [1.54, 1.807) is 4.90 Å². The molecule has 1 aliphatic carbocycles. The number of aromatic amines is 1. The van der Waals surface area contributed by atoms with Crippen LogP contribution in [0.25, 0.3) is 16.5 Å². The van der Waals surface area contributed by atoms with Crippen molar-refractivity contribution < 1.29 is 9.18 Å². The van der Waals surface area contributed by atoms with Crippen molar-refractivity contribution in [3.63, 3.8) is 0 Å². The van der Waals surface area contributed by atoms with Crippen LogP contribution in [0.5, 0.6) is 0 Å². The molecule has 4 nitrogen and oxygen atoms in total. The van der Waals surface area contributed by atoms with Crippen molar-refractivity contribution in [2.24, 2.45) is 5.92 Å². The topological polar surface area (TPSA) is 39.3 Å². The Kier molecular flexibility index (Phi) is 4.82. The van der Waals surface area contributed by atoms with Gasteiger partial charge in [0.15, 0.2) is 0 Å². The zero-order valence-electron chi connectivity index (χ0n) is 16.0. The Balaban J connectivity index is 1.79. The van der Waals surface area contributed by atoms with Gasteiger partial charge in [0, 0.05) is 36.2 Å². The summed E-state index contributed by atoms with van der Waals surface area (Å²) < 4.78 is 13.8. The molecule has 0 fully saturated rings. The molecule has 28 heavy (non-hydrogen) atoms. The first kappa shape index (κ1) is 18.5. The SMILES string of the molecule is C#CCN(CC)C(=O)[C@@H]1C=C2c3cccc4[nH]cc(c34)C[C@H]2N(CC(=C)F)C1. The summed E-state index contributed by atoms with van der Waals surface area (Å²) >= 11 is 0. The van der Waals surface area contributed by atoms with Gasteiger partial charge in [-0.3, -0.25) is 9.69 Å². The van der Waals surface area contributed by atoms with Crippen molar-refractivity contribution in [2.45, 2.75) is 19.4 Å². The van der Waals surface area contributed by atoms with E-state index in [4.69, 9.17) is 6.42 Å². The third-order valence-electron chi connectivity index (χ3n) is 5.79. The lowest BCUT2D eigenvalue weighted by atomic mass is 9.79. The Morgan fingerprint density at radius 3 is 3.04 bits per heavy atom. The highest BCUT2D eigenvalue weighted by Gasteiger charge is 2.38. The summed E-state index contributed by atoms with van der Waals surface area (Å²) in [6.45, 7) is 6.81. The number of amides is 1. The van der Waals surface area contributed by atoms with E-state index in [-0.39, 0.29) is 36.8 Å². The fraction of sp³-hybridized carbons (Fsp3) is 0.348. The predicted octanol–water partition coefficient (Wildman–Crippen LogP) is 3.37. The number of carbonyl (C=O) groups is 1. The summed E-state index contributed by atoms with van der Waals surface area (Å²) in [6.07, 6.45) is 10.3. The van der Waals surface area contributed by atoms with Gasteiger partial charge in [-0.1, -0.05) is 30.7 Å². The van der Waals surface area contributed by atoms with Crippen molar-refractivity contribution in [3.8, 4) is 12.3 Å². The second kappa shape index (κ2) is 7.29. The van der Waals surface area contributed by atoms with E-state index in [2.05, 4.69) is 35.7 Å². The zero-order valence-corrected chi connectivity index (χ0v) is 16.0. The number of rotatable bonds is 5. The van der Waals surface area contributed by atoms with Gasteiger partial charge >= 0.3 is 0 Å². The molecular weight excluding hydrogens is 353 g/mol. The van der Waals surface area contributed by atoms with E-state index in [0.29, 0.717) is 13.1 Å². The van der Waals surface area contributed by atoms with Crippen molar-refractivity contribution in [3.05, 3.63) is 54.0 Å². The van der Waals surface area contributed by atoms with E-state index >= 15 is 0 Å². The predicted molar refractivity (Wildman–Crippen MR) is 110 cm³/mol. The normalized spacial score (nSPS) is 21.0. The Labute approximate surface area is 164 Å². The number of carbonyl (C=O) groups excluding carboxylic acids is 1. The standard InChI is InChI=1S/C23H24FN3O/c1-4-9-26(5-2)23(28)17-10-19-18-7-6-8-20-22(18)16(12-25-20)11-21(19)27(14-17)13-15(3)24/h1,6-8,10,12,17,21,25H,3,5,9,11,13-14H2,2H3/t17-,21-/m1/s1. The Morgan fingerprint density at radius 2 is 2.32 bits per heavy atom. The Bertz CT molecular complexity index is 1010. The quantitative estimate of drug-likeness (QED) is 0.812. The van der Waals surface area contributed by atoms with Crippen LogP contribution in [0.4, 0.5) is 4.39 Å². The van der Waals surface area contributed by atoms with E-state index in [1.165, 1.54) is 10.9 Å². The van der Waals surface area contributed by atoms with Gasteiger partial charge in [-0.05, 0) is 36.1 Å². The molecule has 0 saturated heterocycles. The molecule has 1 aromatic heterocycles. The fourth-order valence-electron chi connectivity index (χ4n) is 4.57. The van der Waals surface area contributed by atoms with Gasteiger partial charge < -0.3 is 9.88 Å². The highest BCUT2D eigenvalue weighted by atomic mass is 19.1. The lowest BCUT2D eigenvalue weighted by Gasteiger charge is -2.42. The molecule has 4 rings (SSSR count). The highest BCUT2D eigenvalue weighted by molar-refractivity contribution is 5.99. The Morgan fingerprint density at radius 1 is 1.50 bits per heavy atom. The van der Waals surface area contributed by atoms with Crippen LogP contribution in [0.3, 0.4) is 0 Å². The number of fused-ring (bicyclic) bond motifs is 2. The number of nitrogens with zero attached hydrogens (tertiary/aromatic N) is 2. The molecule has 0 radical (unpaired) electrons. The third-order valence-corrected chi connectivity index (χ3v) is 5.79. The molecule has 0 bridgehead atoms. The van der Waals surface area contributed by atoms with Crippen LogP contribution >= 0.6 is 0 Å². The van der Waals surface area contributed by atoms with Crippen molar-refractivity contribution in [2.75, 3.05) is 26.2 Å². The van der Waals surface area contributed by atoms with E-state index in [1.807, 2.05) is 24.1 Å². The summed E-state index contributed by atoms with van der Waals surface area (Å²) in [5.41, 5.74) is 4.54. The largest absolute Gasteiger partial charge is 0.361 e. The number of terminal acetylenes is 1. The van der Waals surface area contributed by atoms with Gasteiger partial charge in [-0.25, -0.2) is 4.39 Å². The average molecular weight is 377 g/mol. The molecular formula is C23H24FN3O. The minimum absolute atomic E-state index is 0.00656. The molecule has 1 N–H and O–H groups in total. The minimum Gasteiger partial charge on any atom is -0.361 e. The molecule has 0 spiro atoms. The van der Waals surface area contributed by atoms with Crippen LogP contribution in [0, 0.1) is 18.3 Å². The molecule has 2 heterocycles. The van der Waals surface area contributed by atoms with Gasteiger partial charge in [0.1, 0.15) is 5.83 Å². The summed E-state index contributed by atoms with van der Waals surface area (Å²) in [6, 6.07) is 6.20. The zero-order chi connectivity index (χ0) is 19.8. The lowest BCUT2D eigenvalue weighted by Crippen LogP contribution is -2.49. The molecule has 0 unspecified atom stereocenters. The number of benzene rings is 1. The number of hydrogen-bond donors (Lipinski definition) is 1. The highest BCUT2D eigenvalue weighted by Crippen LogP contribution is 2.41. The first-order valence-electron chi connectivity index (χ1n) is 9.64. The number of halogens is 1. The van der Waals surface area contributed by atoms with E-state index in [0.717, 1.165) is 23.1 Å². The van der Waals surface area contributed by atoms with E-state index < -0.39 is 0 Å². The number of nitrogens with one attached hydrogen (secondary N) is 1. The Hall–Kier alpha value is -2.84. The molecule has 5 heteroatoms. The van der Waals surface area contributed by atoms with Crippen LogP contribution in [0.2, 0.25) is 0 Å². The molecule has 2 aromatic rings. The van der Waals surface area contributed by atoms with Crippen LogP contribution in [-0.2, 0) is 11.2 Å². The molecule has 1 amide bonds. The molecule has 0 saturated carbocycles. The van der Waals surface area contributed by atoms with Crippen molar-refractivity contribution >= 4 is 22.4 Å². The summed E-state index contributed by atoms with van der Waals surface area (Å²) in [5, 5.41) is 1.20. The smallest absolute Gasteiger partial charge is 0.231 e. The van der Waals surface area contributed by atoms with Gasteiger partial charge in [0.25, 0.3) is 0 Å². The molecule has 2 aliphatic rings. The maximum Gasteiger partial charge on any atom is 0.231 e. The maximum atomic E-state index is 13.8. The van der Waals surface area contributed by atoms with Gasteiger partial charge in [-0.2, -0.15) is 0 Å². The second-order valence-corrected chi connectivity index (χ2v) is 7.49. The van der Waals surface area contributed by atoms with Gasteiger partial charge in [-0.15, -0.1) is 6.42 Å². The minimum atomic E-state index is -0.388. The summed E-state index contributed by atoms with van der Waals surface area (Å²) in [4.78, 5) is 20.1. The molecule has 1 aliphatic heterocycles. The van der Waals surface area contributed by atoms with Crippen molar-refractivity contribution in [1.29, 1.82) is 0 Å². The maximum absolute atomic E-state index is 13.8. The van der Waals surface area contributed by atoms with Crippen LogP contribution in [0.15, 0.2) is 42.9 Å². The van der Waals surface area contributed by atoms with Crippen LogP contribution in [0.1, 0.15) is 18.1 Å². The van der Waals surface area contributed by atoms with Crippen molar-refractivity contribution in [1.82, 2.24) is 14.8 Å². The first-order chi connectivity index (χ1) is 13.5. The number of aromatic nitrogens is 1. The van der Waals surface area contributed by atoms with Crippen LogP contribution < -0.4 is 0 Å². The third kappa shape index (κ3) is 3.04. The second-order valence-electron chi connectivity index (χ2n) is 7.49. The first-order valence-corrected chi connectivity index (χ1v) is 9.64. The monoisotopic (exact) mass is 377 g/mol. The van der Waals surface area contributed by atoms with E-state index in [9.17, 15) is 9.18 Å². The summed E-state index contributed by atoms with van der Waals surface area (Å²) in [5.74, 6) is 1.81. The molecule has 1 aromatic carbocycles. The van der Waals surface area contributed by atoms with Gasteiger partial charge in [0.05, 0.1) is 19.0 Å². The van der Waals surface area contributed by atoms with Gasteiger partial charge in [0.2, 0.25) is 5.91 Å². The number of hydrogen-bond acceptors (Lipinski definition) is 2. The number of H-pyrrole nitrogens is 1. The lowest BCUT2D eigenvalue weighted by molar-refractivity contribution is -0.134. The van der Waals surface area contributed by atoms with Crippen LogP contribution in [-0.4, -0.2) is 52.9 Å². The average Bonchev–Trinajstić information content (AvgIpc) is 3.10.